The molecule has 1 nitrogen and oxygen atoms in total. The Hall–Kier alpha value is -1.06. The van der Waals surface area contributed by atoms with Gasteiger partial charge in [0.15, 0.2) is 0 Å². The second-order valence-electron chi connectivity index (χ2n) is 4.64. The van der Waals surface area contributed by atoms with Gasteiger partial charge in [0, 0.05) is 4.47 Å². The first kappa shape index (κ1) is 15.3. The van der Waals surface area contributed by atoms with Crippen molar-refractivity contribution < 1.29 is 4.39 Å². The highest BCUT2D eigenvalue weighted by molar-refractivity contribution is 9.10. The molecule has 0 saturated heterocycles. The zero-order valence-corrected chi connectivity index (χ0v) is 13.5. The van der Waals surface area contributed by atoms with Gasteiger partial charge in [0.25, 0.3) is 0 Å². The molecule has 4 heteroatoms. The Morgan fingerprint density at radius 1 is 1.25 bits per heavy atom. The summed E-state index contributed by atoms with van der Waals surface area (Å²) in [5.74, 6) is -0.348. The molecule has 0 fully saturated rings. The Kier molecular flexibility index (Phi) is 5.44. The van der Waals surface area contributed by atoms with Crippen LogP contribution in [-0.2, 0) is 0 Å². The third-order valence-corrected chi connectivity index (χ3v) is 4.03. The van der Waals surface area contributed by atoms with Crippen LogP contribution in [-0.4, -0.2) is 0 Å². The number of hydrogen-bond donors (Lipinski definition) is 1. The minimum Gasteiger partial charge on any atom is -0.376 e. The van der Waals surface area contributed by atoms with E-state index in [0.717, 1.165) is 18.5 Å². The van der Waals surface area contributed by atoms with Gasteiger partial charge < -0.3 is 5.32 Å². The largest absolute Gasteiger partial charge is 0.376 e. The molecule has 1 N–H and O–H groups in total. The lowest BCUT2D eigenvalue weighted by atomic mass is 10.0. The van der Waals surface area contributed by atoms with Gasteiger partial charge in [0.2, 0.25) is 0 Å². The van der Waals surface area contributed by atoms with E-state index < -0.39 is 0 Å². The highest BCUT2D eigenvalue weighted by Gasteiger charge is 2.15. The average Bonchev–Trinajstić information content (AvgIpc) is 2.42. The minimum atomic E-state index is -0.348. The monoisotopic (exact) mass is 355 g/mol. The maximum absolute atomic E-state index is 13.3. The van der Waals surface area contributed by atoms with Gasteiger partial charge in [0.1, 0.15) is 5.82 Å². The number of hydrogen-bond acceptors (Lipinski definition) is 1. The second kappa shape index (κ2) is 7.09. The summed E-state index contributed by atoms with van der Waals surface area (Å²) in [6, 6.07) is 13.1. The fourth-order valence-corrected chi connectivity index (χ4v) is 3.07. The molecule has 0 saturated carbocycles. The average molecular weight is 357 g/mol. The smallest absolute Gasteiger partial charge is 0.125 e. The Bertz CT molecular complexity index is 551. The zero-order chi connectivity index (χ0) is 14.5. The van der Waals surface area contributed by atoms with E-state index in [1.165, 1.54) is 17.7 Å². The van der Waals surface area contributed by atoms with Crippen LogP contribution in [0.4, 0.5) is 10.1 Å². The summed E-state index contributed by atoms with van der Waals surface area (Å²) >= 11 is 9.50. The minimum absolute atomic E-state index is 0.153. The van der Waals surface area contributed by atoms with Crippen molar-refractivity contribution in [3.8, 4) is 0 Å². The topological polar surface area (TPSA) is 12.0 Å². The molecular formula is C16H16BrClFN. The molecule has 1 unspecified atom stereocenters. The highest BCUT2D eigenvalue weighted by atomic mass is 79.9. The van der Waals surface area contributed by atoms with Crippen molar-refractivity contribution in [2.45, 2.75) is 25.8 Å². The molecular weight excluding hydrogens is 341 g/mol. The Morgan fingerprint density at radius 2 is 1.95 bits per heavy atom. The fourth-order valence-electron chi connectivity index (χ4n) is 2.15. The van der Waals surface area contributed by atoms with Crippen LogP contribution < -0.4 is 5.32 Å². The molecule has 2 aromatic rings. The van der Waals surface area contributed by atoms with E-state index in [-0.39, 0.29) is 11.9 Å². The molecule has 0 aliphatic rings. The van der Waals surface area contributed by atoms with Crippen LogP contribution in [0.25, 0.3) is 0 Å². The van der Waals surface area contributed by atoms with Crippen molar-refractivity contribution in [1.29, 1.82) is 0 Å². The van der Waals surface area contributed by atoms with E-state index in [1.54, 1.807) is 0 Å². The Morgan fingerprint density at radius 3 is 2.55 bits per heavy atom. The predicted octanol–water partition coefficient (Wildman–Crippen LogP) is 6.19. The quantitative estimate of drug-likeness (QED) is 0.673. The van der Waals surface area contributed by atoms with Gasteiger partial charge in [0.05, 0.1) is 16.8 Å². The highest BCUT2D eigenvalue weighted by Crippen LogP contribution is 2.35. The number of benzene rings is 2. The van der Waals surface area contributed by atoms with Crippen molar-refractivity contribution in [1.82, 2.24) is 0 Å². The molecule has 0 aromatic heterocycles. The normalized spacial score (nSPS) is 12.2. The van der Waals surface area contributed by atoms with Crippen molar-refractivity contribution >= 4 is 33.2 Å². The van der Waals surface area contributed by atoms with E-state index in [4.69, 9.17) is 11.6 Å². The molecule has 106 valence electrons. The summed E-state index contributed by atoms with van der Waals surface area (Å²) in [4.78, 5) is 0. The first-order valence-electron chi connectivity index (χ1n) is 6.58. The summed E-state index contributed by atoms with van der Waals surface area (Å²) in [6.07, 6.45) is 2.02. The predicted molar refractivity (Wildman–Crippen MR) is 86.8 cm³/mol. The van der Waals surface area contributed by atoms with Crippen LogP contribution >= 0.6 is 27.5 Å². The number of anilines is 1. The van der Waals surface area contributed by atoms with Crippen molar-refractivity contribution in [2.24, 2.45) is 0 Å². The lowest BCUT2D eigenvalue weighted by molar-refractivity contribution is 0.626. The molecule has 0 amide bonds. The summed E-state index contributed by atoms with van der Waals surface area (Å²) in [7, 11) is 0. The van der Waals surface area contributed by atoms with Crippen LogP contribution in [0.15, 0.2) is 46.9 Å². The molecule has 2 aromatic carbocycles. The number of halogens is 3. The Labute approximate surface area is 132 Å². The lowest BCUT2D eigenvalue weighted by Crippen LogP contribution is -2.11. The zero-order valence-electron chi connectivity index (χ0n) is 11.2. The van der Waals surface area contributed by atoms with Gasteiger partial charge in [-0.2, -0.15) is 0 Å². The van der Waals surface area contributed by atoms with Crippen molar-refractivity contribution in [3.63, 3.8) is 0 Å². The van der Waals surface area contributed by atoms with E-state index in [0.29, 0.717) is 9.50 Å². The van der Waals surface area contributed by atoms with Gasteiger partial charge in [-0.3, -0.25) is 0 Å². The molecule has 0 spiro atoms. The maximum Gasteiger partial charge on any atom is 0.125 e. The summed E-state index contributed by atoms with van der Waals surface area (Å²) in [6.45, 7) is 2.14. The van der Waals surface area contributed by atoms with Gasteiger partial charge in [-0.1, -0.05) is 55.3 Å². The number of nitrogens with one attached hydrogen (secondary N) is 1. The third kappa shape index (κ3) is 3.74. The van der Waals surface area contributed by atoms with Crippen LogP contribution in [0, 0.1) is 5.82 Å². The molecule has 0 aliphatic heterocycles. The van der Waals surface area contributed by atoms with E-state index >= 15 is 0 Å². The molecule has 0 aliphatic carbocycles. The maximum atomic E-state index is 13.3. The first-order chi connectivity index (χ1) is 9.61. The lowest BCUT2D eigenvalue weighted by Gasteiger charge is -2.21. The van der Waals surface area contributed by atoms with Crippen LogP contribution in [0.2, 0.25) is 5.02 Å². The van der Waals surface area contributed by atoms with E-state index in [2.05, 4.69) is 40.3 Å². The van der Waals surface area contributed by atoms with Gasteiger partial charge in [-0.05, 0) is 40.0 Å². The molecule has 20 heavy (non-hydrogen) atoms. The van der Waals surface area contributed by atoms with Crippen molar-refractivity contribution in [3.05, 3.63) is 63.3 Å². The summed E-state index contributed by atoms with van der Waals surface area (Å²) < 4.78 is 13.9. The second-order valence-corrected chi connectivity index (χ2v) is 5.90. The standard InChI is InChI=1S/C16H16BrClFN/c1-2-6-15(11-7-4-3-5-8-11)20-16-13(17)9-12(19)10-14(16)18/h3-5,7-10,15,20H,2,6H2,1H3. The molecule has 2 rings (SSSR count). The summed E-state index contributed by atoms with van der Waals surface area (Å²) in [5, 5.41) is 3.80. The molecule has 0 bridgehead atoms. The van der Waals surface area contributed by atoms with Gasteiger partial charge in [-0.15, -0.1) is 0 Å². The van der Waals surface area contributed by atoms with Crippen LogP contribution in [0.5, 0.6) is 0 Å². The van der Waals surface area contributed by atoms with Gasteiger partial charge in [-0.25, -0.2) is 4.39 Å². The van der Waals surface area contributed by atoms with Gasteiger partial charge >= 0.3 is 0 Å². The molecule has 1 atom stereocenters. The summed E-state index contributed by atoms with van der Waals surface area (Å²) in [5.41, 5.74) is 1.93. The molecule has 0 radical (unpaired) electrons. The van der Waals surface area contributed by atoms with E-state index in [9.17, 15) is 4.39 Å². The molecule has 0 heterocycles. The van der Waals surface area contributed by atoms with Crippen LogP contribution in [0.1, 0.15) is 31.4 Å². The fraction of sp³-hybridized carbons (Fsp3) is 0.250. The first-order valence-corrected chi connectivity index (χ1v) is 7.75. The third-order valence-electron chi connectivity index (χ3n) is 3.10. The van der Waals surface area contributed by atoms with Crippen molar-refractivity contribution in [2.75, 3.05) is 5.32 Å². The number of rotatable bonds is 5. The van der Waals surface area contributed by atoms with E-state index in [1.807, 2.05) is 18.2 Å². The SMILES string of the molecule is CCCC(Nc1c(Cl)cc(F)cc1Br)c1ccccc1. The Balaban J connectivity index is 2.30. The van der Waals surface area contributed by atoms with Crippen LogP contribution in [0.3, 0.4) is 0 Å².